The third-order valence-electron chi connectivity index (χ3n) is 6.00. The lowest BCUT2D eigenvalue weighted by Gasteiger charge is -2.19. The van der Waals surface area contributed by atoms with Crippen molar-refractivity contribution in [2.45, 2.75) is 44.1 Å². The molecule has 11 nitrogen and oxygen atoms in total. The number of alkyl carbamates (subject to hydrolysis) is 1. The van der Waals surface area contributed by atoms with Gasteiger partial charge in [0.25, 0.3) is 10.0 Å². The molecule has 0 aliphatic heterocycles. The molecule has 4 aromatic rings. The van der Waals surface area contributed by atoms with Crippen LogP contribution in [0.3, 0.4) is 0 Å². The van der Waals surface area contributed by atoms with E-state index in [1.807, 2.05) is 4.72 Å². The summed E-state index contributed by atoms with van der Waals surface area (Å²) in [5.74, 6) is -1.31. The largest absolute Gasteiger partial charge is 0.573 e. The molecule has 0 radical (unpaired) electrons. The van der Waals surface area contributed by atoms with Crippen LogP contribution in [-0.2, 0) is 14.8 Å². The van der Waals surface area contributed by atoms with Crippen LogP contribution in [0.15, 0.2) is 71.8 Å². The number of para-hydroxylation sites is 1. The summed E-state index contributed by atoms with van der Waals surface area (Å²) in [7, 11) is -3.17. The molecule has 1 amide bonds. The Morgan fingerprint density at radius 3 is 2.34 bits per heavy atom. The summed E-state index contributed by atoms with van der Waals surface area (Å²) in [5, 5.41) is 3.08. The molecule has 0 atom stereocenters. The van der Waals surface area contributed by atoms with E-state index in [-0.39, 0.29) is 23.8 Å². The lowest BCUT2D eigenvalue weighted by molar-refractivity contribution is -0.275. The van der Waals surface area contributed by atoms with E-state index in [1.54, 1.807) is 32.9 Å². The highest BCUT2D eigenvalue weighted by Gasteiger charge is 2.34. The van der Waals surface area contributed by atoms with Crippen LogP contribution in [0.2, 0.25) is 0 Å². The smallest absolute Gasteiger partial charge is 0.493 e. The lowest BCUT2D eigenvalue weighted by Crippen LogP contribution is -2.33. The van der Waals surface area contributed by atoms with Crippen molar-refractivity contribution >= 4 is 32.7 Å². The van der Waals surface area contributed by atoms with Crippen LogP contribution in [0, 0.1) is 5.82 Å². The van der Waals surface area contributed by atoms with Crippen molar-refractivity contribution in [3.63, 3.8) is 0 Å². The number of aromatic nitrogens is 1. The number of nitrogens with one attached hydrogen (secondary N) is 2. The monoisotopic (exact) mass is 681 g/mol. The Morgan fingerprint density at radius 1 is 0.915 bits per heavy atom. The quantitative estimate of drug-likeness (QED) is 0.118. The summed E-state index contributed by atoms with van der Waals surface area (Å²) in [6.07, 6.45) is -3.77. The topological polar surface area (TPSA) is 134 Å². The van der Waals surface area contributed by atoms with Gasteiger partial charge in [0.2, 0.25) is 0 Å². The van der Waals surface area contributed by atoms with Gasteiger partial charge in [0.1, 0.15) is 22.0 Å². The molecule has 1 aromatic heterocycles. The first-order valence-corrected chi connectivity index (χ1v) is 15.4. The zero-order valence-corrected chi connectivity index (χ0v) is 26.4. The molecule has 252 valence electrons. The maximum absolute atomic E-state index is 15.1. The van der Waals surface area contributed by atoms with E-state index in [0.717, 1.165) is 24.3 Å². The summed E-state index contributed by atoms with van der Waals surface area (Å²) < 4.78 is 107. The molecule has 0 spiro atoms. The summed E-state index contributed by atoms with van der Waals surface area (Å²) in [6.45, 7) is 5.83. The van der Waals surface area contributed by atoms with Gasteiger partial charge in [-0.2, -0.15) is 0 Å². The Labute approximate surface area is 267 Å². The predicted molar refractivity (Wildman–Crippen MR) is 163 cm³/mol. The SMILES string of the molecule is COc1cc2c(Oc3ccc(NS(=O)(=O)c4ccccc4OC(F)(F)F)cc3F)ccnc2cc1OCCCNC(=O)OC(C)(C)C. The van der Waals surface area contributed by atoms with Crippen LogP contribution < -0.4 is 29.0 Å². The van der Waals surface area contributed by atoms with Gasteiger partial charge in [0.15, 0.2) is 23.1 Å². The molecule has 4 rings (SSSR count). The van der Waals surface area contributed by atoms with E-state index >= 15 is 4.39 Å². The summed E-state index contributed by atoms with van der Waals surface area (Å²) in [4.78, 5) is 15.3. The Hall–Kier alpha value is -4.99. The number of sulfonamides is 1. The fourth-order valence-corrected chi connectivity index (χ4v) is 5.29. The first-order valence-electron chi connectivity index (χ1n) is 14.0. The molecule has 1 heterocycles. The number of rotatable bonds is 12. The van der Waals surface area contributed by atoms with Gasteiger partial charge in [-0.25, -0.2) is 17.6 Å². The molecule has 0 unspecified atom stereocenters. The van der Waals surface area contributed by atoms with Crippen molar-refractivity contribution in [2.75, 3.05) is 25.0 Å². The number of hydrogen-bond acceptors (Lipinski definition) is 9. The van der Waals surface area contributed by atoms with Crippen molar-refractivity contribution in [1.29, 1.82) is 0 Å². The van der Waals surface area contributed by atoms with Crippen LogP contribution in [-0.4, -0.2) is 51.7 Å². The third kappa shape index (κ3) is 9.75. The number of fused-ring (bicyclic) bond motifs is 1. The second kappa shape index (κ2) is 14.2. The zero-order valence-electron chi connectivity index (χ0n) is 25.6. The molecular formula is C31H31F4N3O8S. The molecule has 0 aliphatic rings. The van der Waals surface area contributed by atoms with Crippen molar-refractivity contribution < 1.29 is 54.5 Å². The normalized spacial score (nSPS) is 11.9. The second-order valence-electron chi connectivity index (χ2n) is 10.8. The summed E-state index contributed by atoms with van der Waals surface area (Å²) in [6, 6.07) is 12.0. The zero-order chi connectivity index (χ0) is 34.4. The molecular weight excluding hydrogens is 650 g/mol. The van der Waals surface area contributed by atoms with Gasteiger partial charge < -0.3 is 29.0 Å². The molecule has 0 fully saturated rings. The second-order valence-corrected chi connectivity index (χ2v) is 12.5. The first kappa shape index (κ1) is 34.9. The van der Waals surface area contributed by atoms with Gasteiger partial charge in [0.05, 0.1) is 24.9 Å². The number of benzene rings is 3. The van der Waals surface area contributed by atoms with Gasteiger partial charge in [0, 0.05) is 30.3 Å². The highest BCUT2D eigenvalue weighted by Crippen LogP contribution is 2.38. The van der Waals surface area contributed by atoms with E-state index in [2.05, 4.69) is 15.0 Å². The molecule has 0 saturated carbocycles. The highest BCUT2D eigenvalue weighted by molar-refractivity contribution is 7.92. The van der Waals surface area contributed by atoms with Gasteiger partial charge in [-0.15, -0.1) is 13.2 Å². The maximum Gasteiger partial charge on any atom is 0.573 e. The third-order valence-corrected chi connectivity index (χ3v) is 7.42. The Morgan fingerprint density at radius 2 is 1.66 bits per heavy atom. The van der Waals surface area contributed by atoms with Crippen LogP contribution >= 0.6 is 0 Å². The van der Waals surface area contributed by atoms with Crippen molar-refractivity contribution in [2.24, 2.45) is 0 Å². The number of methoxy groups -OCH3 is 1. The van der Waals surface area contributed by atoms with E-state index in [0.29, 0.717) is 35.4 Å². The van der Waals surface area contributed by atoms with E-state index in [1.165, 1.54) is 37.6 Å². The Bertz CT molecular complexity index is 1850. The average Bonchev–Trinajstić information content (AvgIpc) is 2.96. The summed E-state index contributed by atoms with van der Waals surface area (Å²) in [5.41, 5.74) is -0.464. The van der Waals surface area contributed by atoms with Gasteiger partial charge in [-0.3, -0.25) is 9.71 Å². The average molecular weight is 682 g/mol. The van der Waals surface area contributed by atoms with Crippen molar-refractivity contribution in [3.8, 4) is 28.7 Å². The number of carbonyl (C=O) groups is 1. The maximum atomic E-state index is 15.1. The van der Waals surface area contributed by atoms with Gasteiger partial charge in [-0.1, -0.05) is 12.1 Å². The number of ether oxygens (including phenoxy) is 5. The van der Waals surface area contributed by atoms with Crippen molar-refractivity contribution in [3.05, 3.63) is 72.7 Å². The number of halogens is 4. The van der Waals surface area contributed by atoms with Crippen LogP contribution in [0.25, 0.3) is 10.9 Å². The van der Waals surface area contributed by atoms with Crippen LogP contribution in [0.5, 0.6) is 28.7 Å². The minimum Gasteiger partial charge on any atom is -0.493 e. The standard InChI is InChI=1S/C31H31F4N3O8S/c1-30(2,3)46-29(39)37-13-7-15-43-27-18-22-20(17-26(27)42-4)23(12-14-36-22)44-24-11-10-19(16-21(24)32)38-47(40,41)28-9-6-5-8-25(28)45-31(33,34)35/h5-6,8-12,14,16-18,38H,7,13,15H2,1-4H3,(H,37,39). The highest BCUT2D eigenvalue weighted by atomic mass is 32.2. The van der Waals surface area contributed by atoms with Crippen LogP contribution in [0.4, 0.5) is 28.0 Å². The molecule has 0 bridgehead atoms. The van der Waals surface area contributed by atoms with E-state index in [9.17, 15) is 26.4 Å². The summed E-state index contributed by atoms with van der Waals surface area (Å²) >= 11 is 0. The molecule has 2 N–H and O–H groups in total. The van der Waals surface area contributed by atoms with Crippen LogP contribution in [0.1, 0.15) is 27.2 Å². The number of anilines is 1. The number of pyridine rings is 1. The minimum absolute atomic E-state index is 0.187. The molecule has 47 heavy (non-hydrogen) atoms. The molecule has 0 saturated heterocycles. The molecule has 3 aromatic carbocycles. The van der Waals surface area contributed by atoms with Gasteiger partial charge >= 0.3 is 12.5 Å². The fourth-order valence-electron chi connectivity index (χ4n) is 4.11. The number of carbonyl (C=O) groups excluding carboxylic acids is 1. The van der Waals surface area contributed by atoms with E-state index < -0.39 is 44.5 Å². The van der Waals surface area contributed by atoms with Crippen molar-refractivity contribution in [1.82, 2.24) is 10.3 Å². The predicted octanol–water partition coefficient (Wildman–Crippen LogP) is 7.17. The Balaban J connectivity index is 1.46. The fraction of sp³-hybridized carbons (Fsp3) is 0.290. The molecule has 0 aliphatic carbocycles. The number of alkyl halides is 3. The minimum atomic E-state index is -5.13. The first-order chi connectivity index (χ1) is 22.0. The van der Waals surface area contributed by atoms with Gasteiger partial charge in [-0.05, 0) is 63.6 Å². The number of hydrogen-bond donors (Lipinski definition) is 2. The lowest BCUT2D eigenvalue weighted by atomic mass is 10.1. The number of amides is 1. The van der Waals surface area contributed by atoms with E-state index in [4.69, 9.17) is 18.9 Å². The number of nitrogens with zero attached hydrogens (tertiary/aromatic N) is 1. The molecule has 16 heteroatoms. The Kier molecular flexibility index (Phi) is 10.5.